The third-order valence-electron chi connectivity index (χ3n) is 4.03. The van der Waals surface area contributed by atoms with Gasteiger partial charge in [-0.3, -0.25) is 4.79 Å². The summed E-state index contributed by atoms with van der Waals surface area (Å²) < 4.78 is 5.35. The lowest BCUT2D eigenvalue weighted by atomic mass is 10.0. The molecule has 0 bridgehead atoms. The molecule has 1 amide bonds. The van der Waals surface area contributed by atoms with Crippen molar-refractivity contribution in [3.63, 3.8) is 0 Å². The van der Waals surface area contributed by atoms with E-state index in [9.17, 15) is 4.79 Å². The van der Waals surface area contributed by atoms with Crippen LogP contribution in [0, 0.1) is 6.92 Å². The van der Waals surface area contributed by atoms with Crippen molar-refractivity contribution in [3.05, 3.63) is 23.0 Å². The van der Waals surface area contributed by atoms with Gasteiger partial charge in [0, 0.05) is 31.4 Å². The van der Waals surface area contributed by atoms with Crippen LogP contribution in [-0.2, 0) is 0 Å². The maximum absolute atomic E-state index is 13.0. The highest BCUT2D eigenvalue weighted by atomic mass is 35.5. The molecule has 2 aromatic heterocycles. The Morgan fingerprint density at radius 3 is 2.87 bits per heavy atom. The first-order valence-electron chi connectivity index (χ1n) is 7.77. The fraction of sp³-hybridized carbons (Fsp3) is 0.562. The molecule has 3 heterocycles. The highest BCUT2D eigenvalue weighted by Gasteiger charge is 2.27. The molecule has 23 heavy (non-hydrogen) atoms. The number of pyridine rings is 1. The second kappa shape index (κ2) is 6.84. The molecule has 1 aliphatic heterocycles. The zero-order valence-electron chi connectivity index (χ0n) is 13.9. The number of carbonyl (C=O) groups excluding carboxylic acids is 1. The number of carbonyl (C=O) groups is 1. The summed E-state index contributed by atoms with van der Waals surface area (Å²) in [6.07, 6.45) is 0. The molecule has 2 aromatic rings. The van der Waals surface area contributed by atoms with Gasteiger partial charge in [-0.25, -0.2) is 4.98 Å². The van der Waals surface area contributed by atoms with Crippen LogP contribution in [-0.4, -0.2) is 46.6 Å². The van der Waals surface area contributed by atoms with Gasteiger partial charge in [-0.15, -0.1) is 12.4 Å². The quantitative estimate of drug-likeness (QED) is 0.911. The molecule has 1 aliphatic rings. The Balaban J connectivity index is 0.00000192. The Morgan fingerprint density at radius 2 is 2.22 bits per heavy atom. The van der Waals surface area contributed by atoms with Crippen molar-refractivity contribution in [3.8, 4) is 0 Å². The summed E-state index contributed by atoms with van der Waals surface area (Å²) in [7, 11) is 0. The Kier molecular flexibility index (Phi) is 5.26. The average molecular weight is 339 g/mol. The molecule has 126 valence electrons. The van der Waals surface area contributed by atoms with E-state index in [1.54, 1.807) is 0 Å². The van der Waals surface area contributed by atoms with Crippen molar-refractivity contribution in [2.24, 2.45) is 0 Å². The molecule has 0 aromatic carbocycles. The van der Waals surface area contributed by atoms with Gasteiger partial charge in [0.05, 0.1) is 16.6 Å². The highest BCUT2D eigenvalue weighted by Crippen LogP contribution is 2.28. The van der Waals surface area contributed by atoms with Crippen LogP contribution in [0.4, 0.5) is 0 Å². The number of nitrogens with zero attached hydrogens (tertiary/aromatic N) is 3. The number of amides is 1. The molecule has 1 fully saturated rings. The number of halogens is 1. The predicted octanol–water partition coefficient (Wildman–Crippen LogP) is 2.51. The number of fused-ring (bicyclic) bond motifs is 1. The van der Waals surface area contributed by atoms with E-state index >= 15 is 0 Å². The SMILES string of the molecule is Cc1cc(C(=O)N2CCNC(C)C2)c2c(C(C)C)noc2n1.Cl. The lowest BCUT2D eigenvalue weighted by Crippen LogP contribution is -2.51. The van der Waals surface area contributed by atoms with Crippen LogP contribution in [0.1, 0.15) is 48.4 Å². The standard InChI is InChI=1S/C16H22N4O2.ClH/c1-9(2)14-13-12(7-10(3)18-15(13)22-19-14)16(21)20-6-5-17-11(4)8-20;/h7,9,11,17H,5-6,8H2,1-4H3;1H. The van der Waals surface area contributed by atoms with Crippen molar-refractivity contribution in [1.82, 2.24) is 20.4 Å². The molecule has 3 rings (SSSR count). The van der Waals surface area contributed by atoms with E-state index in [4.69, 9.17) is 4.52 Å². The van der Waals surface area contributed by atoms with E-state index in [2.05, 4.69) is 22.4 Å². The maximum Gasteiger partial charge on any atom is 0.259 e. The van der Waals surface area contributed by atoms with Crippen LogP contribution in [0.25, 0.3) is 11.1 Å². The number of nitrogens with one attached hydrogen (secondary N) is 1. The summed E-state index contributed by atoms with van der Waals surface area (Å²) in [6, 6.07) is 2.16. The van der Waals surface area contributed by atoms with E-state index in [-0.39, 0.29) is 24.2 Å². The molecule has 7 heteroatoms. The predicted molar refractivity (Wildman–Crippen MR) is 91.2 cm³/mol. The Labute approximate surface area is 142 Å². The number of aryl methyl sites for hydroxylation is 1. The average Bonchev–Trinajstić information content (AvgIpc) is 2.89. The van der Waals surface area contributed by atoms with Crippen LogP contribution in [0.15, 0.2) is 10.6 Å². The minimum absolute atomic E-state index is 0. The minimum Gasteiger partial charge on any atom is -0.336 e. The normalized spacial score (nSPS) is 18.3. The van der Waals surface area contributed by atoms with Crippen LogP contribution in [0.5, 0.6) is 0 Å². The molecule has 0 radical (unpaired) electrons. The second-order valence-corrected chi connectivity index (χ2v) is 6.32. The topological polar surface area (TPSA) is 71.3 Å². The Hall–Kier alpha value is -1.66. The van der Waals surface area contributed by atoms with Gasteiger partial charge in [-0.2, -0.15) is 0 Å². The van der Waals surface area contributed by atoms with Gasteiger partial charge in [-0.1, -0.05) is 19.0 Å². The smallest absolute Gasteiger partial charge is 0.259 e. The first-order chi connectivity index (χ1) is 10.5. The summed E-state index contributed by atoms with van der Waals surface area (Å²) in [4.78, 5) is 19.3. The Bertz CT molecular complexity index is 713. The van der Waals surface area contributed by atoms with Gasteiger partial charge < -0.3 is 14.7 Å². The lowest BCUT2D eigenvalue weighted by Gasteiger charge is -2.32. The molecular weight excluding hydrogens is 316 g/mol. The molecule has 1 unspecified atom stereocenters. The van der Waals surface area contributed by atoms with Crippen LogP contribution >= 0.6 is 12.4 Å². The third kappa shape index (κ3) is 3.33. The molecule has 0 aliphatic carbocycles. The number of aromatic nitrogens is 2. The molecular formula is C16H23ClN4O2. The van der Waals surface area contributed by atoms with E-state index in [0.717, 1.165) is 23.3 Å². The van der Waals surface area contributed by atoms with Gasteiger partial charge in [0.25, 0.3) is 11.6 Å². The summed E-state index contributed by atoms with van der Waals surface area (Å²) in [6.45, 7) is 10.3. The fourth-order valence-corrected chi connectivity index (χ4v) is 2.95. The van der Waals surface area contributed by atoms with Gasteiger partial charge in [0.15, 0.2) is 0 Å². The van der Waals surface area contributed by atoms with Crippen molar-refractivity contribution >= 4 is 29.4 Å². The number of hydrogen-bond acceptors (Lipinski definition) is 5. The van der Waals surface area contributed by atoms with Crippen molar-refractivity contribution < 1.29 is 9.32 Å². The van der Waals surface area contributed by atoms with Crippen LogP contribution in [0.2, 0.25) is 0 Å². The first kappa shape index (κ1) is 17.7. The van der Waals surface area contributed by atoms with Crippen LogP contribution < -0.4 is 5.32 Å². The van der Waals surface area contributed by atoms with Crippen LogP contribution in [0.3, 0.4) is 0 Å². The summed E-state index contributed by atoms with van der Waals surface area (Å²) in [5, 5.41) is 8.23. The van der Waals surface area contributed by atoms with Gasteiger partial charge in [0.1, 0.15) is 0 Å². The second-order valence-electron chi connectivity index (χ2n) is 6.32. The largest absolute Gasteiger partial charge is 0.336 e. The number of hydrogen-bond donors (Lipinski definition) is 1. The van der Waals surface area contributed by atoms with Gasteiger partial charge in [0.2, 0.25) is 0 Å². The Morgan fingerprint density at radius 1 is 1.48 bits per heavy atom. The van der Waals surface area contributed by atoms with E-state index in [0.29, 0.717) is 30.4 Å². The molecule has 6 nitrogen and oxygen atoms in total. The minimum atomic E-state index is 0. The summed E-state index contributed by atoms with van der Waals surface area (Å²) >= 11 is 0. The zero-order chi connectivity index (χ0) is 15.9. The van der Waals surface area contributed by atoms with Crippen molar-refractivity contribution in [2.45, 2.75) is 39.7 Å². The lowest BCUT2D eigenvalue weighted by molar-refractivity contribution is 0.0711. The zero-order valence-corrected chi connectivity index (χ0v) is 14.7. The molecule has 1 atom stereocenters. The third-order valence-corrected chi connectivity index (χ3v) is 4.03. The molecule has 0 saturated carbocycles. The summed E-state index contributed by atoms with van der Waals surface area (Å²) in [5.74, 6) is 0.216. The first-order valence-corrected chi connectivity index (χ1v) is 7.77. The van der Waals surface area contributed by atoms with Crippen molar-refractivity contribution in [1.29, 1.82) is 0 Å². The van der Waals surface area contributed by atoms with Crippen molar-refractivity contribution in [2.75, 3.05) is 19.6 Å². The summed E-state index contributed by atoms with van der Waals surface area (Å²) in [5.41, 5.74) is 2.68. The molecule has 1 saturated heterocycles. The monoisotopic (exact) mass is 338 g/mol. The molecule has 0 spiro atoms. The maximum atomic E-state index is 13.0. The van der Waals surface area contributed by atoms with Gasteiger partial charge >= 0.3 is 0 Å². The van der Waals surface area contributed by atoms with E-state index < -0.39 is 0 Å². The highest BCUT2D eigenvalue weighted by molar-refractivity contribution is 6.06. The fourth-order valence-electron chi connectivity index (χ4n) is 2.95. The molecule has 1 N–H and O–H groups in total. The number of piperazine rings is 1. The number of rotatable bonds is 2. The van der Waals surface area contributed by atoms with E-state index in [1.165, 1.54) is 0 Å². The van der Waals surface area contributed by atoms with E-state index in [1.807, 2.05) is 31.7 Å². The van der Waals surface area contributed by atoms with Gasteiger partial charge in [-0.05, 0) is 25.8 Å².